The Kier molecular flexibility index (Phi) is 3.13. The van der Waals surface area contributed by atoms with Crippen LogP contribution in [-0.4, -0.2) is 16.0 Å². The van der Waals surface area contributed by atoms with Crippen molar-refractivity contribution in [3.63, 3.8) is 0 Å². The van der Waals surface area contributed by atoms with Crippen molar-refractivity contribution in [1.82, 2.24) is 5.16 Å². The Bertz CT molecular complexity index is 590. The molecule has 4 atom stereocenters. The van der Waals surface area contributed by atoms with Crippen molar-refractivity contribution in [3.05, 3.63) is 17.0 Å². The number of hydrogen-bond acceptors (Lipinski definition) is 4. The van der Waals surface area contributed by atoms with E-state index in [9.17, 15) is 4.79 Å². The van der Waals surface area contributed by atoms with Crippen LogP contribution < -0.4 is 0 Å². The maximum Gasteiger partial charge on any atom is 0.312 e. The minimum atomic E-state index is -0.342. The first kappa shape index (κ1) is 14.6. The number of halogens is 1. The molecule has 0 spiro atoms. The topological polar surface area (TPSA) is 52.3 Å². The fourth-order valence-corrected chi connectivity index (χ4v) is 6.08. The van der Waals surface area contributed by atoms with Crippen LogP contribution in [0.4, 0.5) is 0 Å². The van der Waals surface area contributed by atoms with Crippen LogP contribution in [0.2, 0.25) is 0 Å². The first-order valence-corrected chi connectivity index (χ1v) is 8.55. The lowest BCUT2D eigenvalue weighted by Crippen LogP contribution is -2.56. The molecule has 2 unspecified atom stereocenters. The van der Waals surface area contributed by atoms with Crippen LogP contribution in [0.3, 0.4) is 0 Å². The Labute approximate surface area is 135 Å². The Balaban J connectivity index is 1.51. The van der Waals surface area contributed by atoms with Crippen molar-refractivity contribution < 1.29 is 14.1 Å². The van der Waals surface area contributed by atoms with E-state index >= 15 is 0 Å². The highest BCUT2D eigenvalue weighted by Crippen LogP contribution is 2.64. The summed E-state index contributed by atoms with van der Waals surface area (Å²) in [5.41, 5.74) is 1.34. The Morgan fingerprint density at radius 2 is 2.00 bits per heavy atom. The second-order valence-electron chi connectivity index (χ2n) is 7.77. The molecule has 0 amide bonds. The van der Waals surface area contributed by atoms with Gasteiger partial charge in [0, 0.05) is 4.87 Å². The second kappa shape index (κ2) is 4.73. The van der Waals surface area contributed by atoms with E-state index in [0.717, 1.165) is 49.1 Å². The molecule has 1 heterocycles. The Morgan fingerprint density at radius 1 is 1.32 bits per heavy atom. The molecule has 1 aromatic heterocycles. The summed E-state index contributed by atoms with van der Waals surface area (Å²) in [6.45, 7) is 3.98. The first-order chi connectivity index (χ1) is 10.4. The maximum absolute atomic E-state index is 12.8. The molecule has 0 aromatic carbocycles. The minimum Gasteiger partial charge on any atom is -0.460 e. The lowest BCUT2D eigenvalue weighted by Gasteiger charge is -2.58. The van der Waals surface area contributed by atoms with Gasteiger partial charge in [-0.3, -0.25) is 4.79 Å². The third kappa shape index (κ3) is 2.18. The summed E-state index contributed by atoms with van der Waals surface area (Å²) in [5, 5.41) is 3.91. The van der Waals surface area contributed by atoms with Gasteiger partial charge in [-0.25, -0.2) is 0 Å². The van der Waals surface area contributed by atoms with Crippen LogP contribution in [0.5, 0.6) is 0 Å². The van der Waals surface area contributed by atoms with Crippen molar-refractivity contribution >= 4 is 17.6 Å². The molecule has 4 saturated carbocycles. The average molecular weight is 324 g/mol. The van der Waals surface area contributed by atoms with Crippen molar-refractivity contribution in [2.45, 2.75) is 63.9 Å². The van der Waals surface area contributed by atoms with Gasteiger partial charge in [-0.1, -0.05) is 5.16 Å². The Morgan fingerprint density at radius 3 is 2.55 bits per heavy atom. The number of aryl methyl sites for hydroxylation is 2. The SMILES string of the molecule is Cc1noc(C)c1COC(=O)C12C[C@@H]3C[C@@H](CC(Cl)(C3)C1)C2. The van der Waals surface area contributed by atoms with Crippen LogP contribution in [0, 0.1) is 31.1 Å². The predicted molar refractivity (Wildman–Crippen MR) is 81.5 cm³/mol. The van der Waals surface area contributed by atoms with Gasteiger partial charge in [0.25, 0.3) is 0 Å². The summed E-state index contributed by atoms with van der Waals surface area (Å²) in [7, 11) is 0. The molecule has 0 radical (unpaired) electrons. The highest BCUT2D eigenvalue weighted by Gasteiger charge is 2.60. The fraction of sp³-hybridized carbons (Fsp3) is 0.765. The van der Waals surface area contributed by atoms with Crippen LogP contribution in [-0.2, 0) is 16.1 Å². The summed E-state index contributed by atoms with van der Waals surface area (Å²) in [4.78, 5) is 12.7. The summed E-state index contributed by atoms with van der Waals surface area (Å²) < 4.78 is 10.8. The van der Waals surface area contributed by atoms with Gasteiger partial charge in [0.2, 0.25) is 0 Å². The van der Waals surface area contributed by atoms with Crippen LogP contribution in [0.15, 0.2) is 4.52 Å². The number of rotatable bonds is 3. The third-order valence-electron chi connectivity index (χ3n) is 5.95. The summed E-state index contributed by atoms with van der Waals surface area (Å²) in [6, 6.07) is 0. The molecule has 4 bridgehead atoms. The van der Waals surface area contributed by atoms with Crippen LogP contribution in [0.1, 0.15) is 55.5 Å². The lowest BCUT2D eigenvalue weighted by atomic mass is 9.49. The van der Waals surface area contributed by atoms with Gasteiger partial charge in [0.15, 0.2) is 0 Å². The van der Waals surface area contributed by atoms with Crippen LogP contribution >= 0.6 is 11.6 Å². The van der Waals surface area contributed by atoms with Gasteiger partial charge in [-0.2, -0.15) is 0 Å². The number of esters is 1. The second-order valence-corrected chi connectivity index (χ2v) is 8.57. The Hall–Kier alpha value is -1.03. The molecule has 4 fully saturated rings. The molecule has 1 aromatic rings. The fourth-order valence-electron chi connectivity index (χ4n) is 5.39. The molecule has 120 valence electrons. The molecular formula is C17H22ClNO3. The monoisotopic (exact) mass is 323 g/mol. The third-order valence-corrected chi connectivity index (χ3v) is 6.39. The molecule has 5 heteroatoms. The number of aromatic nitrogens is 1. The van der Waals surface area contributed by atoms with Gasteiger partial charge in [-0.15, -0.1) is 11.6 Å². The standard InChI is InChI=1S/C17H22ClNO3/c1-10-14(11(2)22-19-10)8-21-15(20)16-4-12-3-13(5-16)7-17(18,6-12)9-16/h12-13H,3-9H2,1-2H3/t12-,13+,16?,17?. The largest absolute Gasteiger partial charge is 0.460 e. The van der Waals surface area contributed by atoms with E-state index < -0.39 is 0 Å². The molecule has 4 nitrogen and oxygen atoms in total. The number of ether oxygens (including phenoxy) is 1. The molecule has 4 aliphatic rings. The smallest absolute Gasteiger partial charge is 0.312 e. The molecule has 0 saturated heterocycles. The lowest BCUT2D eigenvalue weighted by molar-refractivity contribution is -0.171. The zero-order valence-corrected chi connectivity index (χ0v) is 13.9. The normalized spacial score (nSPS) is 39.2. The zero-order chi connectivity index (χ0) is 15.5. The number of hydrogen-bond donors (Lipinski definition) is 0. The van der Waals surface area contributed by atoms with E-state index in [2.05, 4.69) is 5.16 Å². The van der Waals surface area contributed by atoms with Crippen molar-refractivity contribution in [2.24, 2.45) is 17.3 Å². The minimum absolute atomic E-state index is 0.0633. The van der Waals surface area contributed by atoms with Gasteiger partial charge < -0.3 is 9.26 Å². The van der Waals surface area contributed by atoms with Gasteiger partial charge in [0.05, 0.1) is 16.7 Å². The first-order valence-electron chi connectivity index (χ1n) is 8.17. The average Bonchev–Trinajstić information content (AvgIpc) is 2.72. The molecule has 4 aliphatic carbocycles. The molecule has 22 heavy (non-hydrogen) atoms. The van der Waals surface area contributed by atoms with E-state index in [4.69, 9.17) is 20.9 Å². The number of carbonyl (C=O) groups excluding carboxylic acids is 1. The van der Waals surface area contributed by atoms with Crippen molar-refractivity contribution in [3.8, 4) is 0 Å². The quantitative estimate of drug-likeness (QED) is 0.625. The van der Waals surface area contributed by atoms with Crippen LogP contribution in [0.25, 0.3) is 0 Å². The molecule has 0 aliphatic heterocycles. The maximum atomic E-state index is 12.8. The van der Waals surface area contributed by atoms with Gasteiger partial charge in [-0.05, 0) is 64.2 Å². The highest BCUT2D eigenvalue weighted by atomic mass is 35.5. The van der Waals surface area contributed by atoms with E-state index in [-0.39, 0.29) is 22.9 Å². The molecule has 5 rings (SSSR count). The van der Waals surface area contributed by atoms with E-state index in [0.29, 0.717) is 11.8 Å². The summed E-state index contributed by atoms with van der Waals surface area (Å²) >= 11 is 6.78. The molecular weight excluding hydrogens is 302 g/mol. The number of alkyl halides is 1. The highest BCUT2D eigenvalue weighted by molar-refractivity contribution is 6.24. The van der Waals surface area contributed by atoms with E-state index in [1.165, 1.54) is 6.42 Å². The number of nitrogens with zero attached hydrogens (tertiary/aromatic N) is 1. The number of carbonyl (C=O) groups is 1. The summed E-state index contributed by atoms with van der Waals surface area (Å²) in [6.07, 6.45) is 6.09. The van der Waals surface area contributed by atoms with E-state index in [1.807, 2.05) is 13.8 Å². The predicted octanol–water partition coefficient (Wildman–Crippen LogP) is 3.91. The summed E-state index contributed by atoms with van der Waals surface area (Å²) in [5.74, 6) is 1.87. The van der Waals surface area contributed by atoms with Gasteiger partial charge in [0.1, 0.15) is 12.4 Å². The van der Waals surface area contributed by atoms with Gasteiger partial charge >= 0.3 is 5.97 Å². The molecule has 0 N–H and O–H groups in total. The zero-order valence-electron chi connectivity index (χ0n) is 13.2. The van der Waals surface area contributed by atoms with Crippen molar-refractivity contribution in [1.29, 1.82) is 0 Å². The van der Waals surface area contributed by atoms with E-state index in [1.54, 1.807) is 0 Å². The van der Waals surface area contributed by atoms with Crippen molar-refractivity contribution in [2.75, 3.05) is 0 Å².